The van der Waals surface area contributed by atoms with Crippen LogP contribution in [0.3, 0.4) is 0 Å². The number of hydrogen-bond donors (Lipinski definition) is 2. The molecule has 0 spiro atoms. The quantitative estimate of drug-likeness (QED) is 0.216. The van der Waals surface area contributed by atoms with E-state index in [0.29, 0.717) is 5.56 Å². The summed E-state index contributed by atoms with van der Waals surface area (Å²) in [5.74, 6) is -0.581. The minimum atomic E-state index is -0.915. The summed E-state index contributed by atoms with van der Waals surface area (Å²) in [5.41, 5.74) is 0.405. The Balaban J connectivity index is 2.61. The maximum atomic E-state index is 12.2. The number of thiocarbonyl (C=S) groups is 1. The van der Waals surface area contributed by atoms with E-state index < -0.39 is 11.1 Å². The Morgan fingerprint density at radius 1 is 1.52 bits per heavy atom. The Labute approximate surface area is 137 Å². The number of nitrogens with one attached hydrogen (secondary N) is 2. The van der Waals surface area contributed by atoms with E-state index >= 15 is 0 Å². The number of carbonyl (C=O) groups is 2. The van der Waals surface area contributed by atoms with Crippen LogP contribution in [0.5, 0.6) is 0 Å². The van der Waals surface area contributed by atoms with Crippen molar-refractivity contribution >= 4 is 28.9 Å². The third kappa shape index (κ3) is 7.27. The Bertz CT molecular complexity index is 581. The van der Waals surface area contributed by atoms with Crippen molar-refractivity contribution in [2.75, 3.05) is 13.2 Å². The van der Waals surface area contributed by atoms with E-state index in [9.17, 15) is 19.7 Å². The normalized spacial score (nSPS) is 11.2. The van der Waals surface area contributed by atoms with E-state index in [1.54, 1.807) is 18.3 Å². The summed E-state index contributed by atoms with van der Waals surface area (Å²) < 4.78 is 0. The highest BCUT2D eigenvalue weighted by atomic mass is 32.1. The molecule has 1 atom stereocenters. The minimum absolute atomic E-state index is 0.0484. The van der Waals surface area contributed by atoms with E-state index in [1.807, 2.05) is 0 Å². The summed E-state index contributed by atoms with van der Waals surface area (Å²) in [4.78, 5) is 41.7. The van der Waals surface area contributed by atoms with E-state index in [0.717, 1.165) is 0 Å². The molecule has 1 rings (SSSR count). The molecule has 23 heavy (non-hydrogen) atoms. The van der Waals surface area contributed by atoms with Crippen molar-refractivity contribution in [2.24, 2.45) is 0 Å². The Morgan fingerprint density at radius 2 is 2.26 bits per heavy atom. The number of rotatable bonds is 9. The summed E-state index contributed by atoms with van der Waals surface area (Å²) in [6.07, 6.45) is 2.92. The third-order valence-electron chi connectivity index (χ3n) is 2.67. The predicted octanol–water partition coefficient (Wildman–Crippen LogP) is 0.284. The lowest BCUT2D eigenvalue weighted by atomic mass is 10.0. The van der Waals surface area contributed by atoms with Gasteiger partial charge >= 0.3 is 0 Å². The molecule has 9 nitrogen and oxygen atoms in total. The first-order valence-electron chi connectivity index (χ1n) is 6.65. The van der Waals surface area contributed by atoms with Crippen LogP contribution in [0.15, 0.2) is 24.5 Å². The number of nitrogens with zero attached hydrogens (tertiary/aromatic N) is 2. The second-order valence-electron chi connectivity index (χ2n) is 4.47. The van der Waals surface area contributed by atoms with Crippen molar-refractivity contribution in [2.45, 2.75) is 19.4 Å². The average Bonchev–Trinajstić information content (AvgIpc) is 2.50. The molecular formula is C13H16N4O5S. The lowest BCUT2D eigenvalue weighted by Crippen LogP contribution is -2.47. The van der Waals surface area contributed by atoms with E-state index in [4.69, 9.17) is 12.2 Å². The van der Waals surface area contributed by atoms with Crippen LogP contribution in [0.2, 0.25) is 0 Å². The zero-order chi connectivity index (χ0) is 17.2. The summed E-state index contributed by atoms with van der Waals surface area (Å²) in [5, 5.41) is 14.4. The van der Waals surface area contributed by atoms with Crippen LogP contribution in [0.4, 0.5) is 0 Å². The molecule has 0 radical (unpaired) electrons. The number of amides is 1. The topological polar surface area (TPSA) is 123 Å². The standard InChI is InChI=1S/C13H16N4O5S/c1-9(18)16-11(13(23)15-5-6-22-17(20)21)7-12(19)10-3-2-4-14-8-10/h2-4,8,11H,5-7H2,1H3,(H,15,23)(H,16,18)/t11-/m1/s1. The summed E-state index contributed by atoms with van der Waals surface area (Å²) >= 11 is 5.12. The molecule has 0 saturated carbocycles. The van der Waals surface area contributed by atoms with Gasteiger partial charge in [-0.1, -0.05) is 12.2 Å². The van der Waals surface area contributed by atoms with Crippen LogP contribution in [-0.2, 0) is 9.63 Å². The van der Waals surface area contributed by atoms with Gasteiger partial charge in [-0.3, -0.25) is 14.6 Å². The molecule has 0 aliphatic heterocycles. The smallest absolute Gasteiger partial charge is 0.294 e. The SMILES string of the molecule is CC(=O)N[C@H](CC(=O)c1cccnc1)C(=S)NCCO[N+](=O)[O-]. The Kier molecular flexibility index (Phi) is 7.54. The van der Waals surface area contributed by atoms with E-state index in [-0.39, 0.29) is 36.3 Å². The van der Waals surface area contributed by atoms with Gasteiger partial charge in [0.2, 0.25) is 5.91 Å². The lowest BCUT2D eigenvalue weighted by molar-refractivity contribution is -0.757. The van der Waals surface area contributed by atoms with Crippen molar-refractivity contribution in [3.05, 3.63) is 40.2 Å². The van der Waals surface area contributed by atoms with Crippen LogP contribution >= 0.6 is 12.2 Å². The monoisotopic (exact) mass is 340 g/mol. The molecule has 0 bridgehead atoms. The van der Waals surface area contributed by atoms with Crippen molar-refractivity contribution in [1.29, 1.82) is 0 Å². The van der Waals surface area contributed by atoms with Crippen LogP contribution in [0.25, 0.3) is 0 Å². The predicted molar refractivity (Wildman–Crippen MR) is 84.3 cm³/mol. The number of ketones is 1. The fraction of sp³-hybridized carbons (Fsp3) is 0.385. The zero-order valence-corrected chi connectivity index (χ0v) is 13.2. The first kappa shape index (κ1) is 18.4. The number of Topliss-reactive ketones (excluding diaryl/α,β-unsaturated/α-hetero) is 1. The molecule has 0 aromatic carbocycles. The van der Waals surface area contributed by atoms with Gasteiger partial charge in [0.15, 0.2) is 5.78 Å². The van der Waals surface area contributed by atoms with Gasteiger partial charge in [-0.25, -0.2) is 0 Å². The summed E-state index contributed by atoms with van der Waals surface area (Å²) in [7, 11) is 0. The lowest BCUT2D eigenvalue weighted by Gasteiger charge is -2.19. The van der Waals surface area contributed by atoms with Gasteiger partial charge < -0.3 is 15.5 Å². The third-order valence-corrected chi connectivity index (χ3v) is 3.09. The average molecular weight is 340 g/mol. The van der Waals surface area contributed by atoms with Crippen LogP contribution in [0, 0.1) is 10.1 Å². The van der Waals surface area contributed by atoms with Crippen molar-refractivity contribution in [3.63, 3.8) is 0 Å². The Hall–Kier alpha value is -2.62. The molecule has 0 saturated heterocycles. The molecule has 1 aromatic rings. The molecule has 0 aliphatic carbocycles. The maximum absolute atomic E-state index is 12.2. The number of pyridine rings is 1. The van der Waals surface area contributed by atoms with Crippen LogP contribution < -0.4 is 10.6 Å². The first-order chi connectivity index (χ1) is 10.9. The molecular weight excluding hydrogens is 324 g/mol. The zero-order valence-electron chi connectivity index (χ0n) is 12.4. The molecule has 0 unspecified atom stereocenters. The fourth-order valence-corrected chi connectivity index (χ4v) is 1.95. The van der Waals surface area contributed by atoms with Crippen LogP contribution in [-0.4, -0.2) is 45.9 Å². The molecule has 0 aliphatic rings. The van der Waals surface area contributed by atoms with Gasteiger partial charge in [-0.15, -0.1) is 10.1 Å². The summed E-state index contributed by atoms with van der Waals surface area (Å²) in [6, 6.07) is 2.53. The van der Waals surface area contributed by atoms with Gasteiger partial charge in [0, 0.05) is 37.8 Å². The minimum Gasteiger partial charge on any atom is -0.376 e. The van der Waals surface area contributed by atoms with Crippen molar-refractivity contribution in [3.8, 4) is 0 Å². The molecule has 1 amide bonds. The van der Waals surface area contributed by atoms with Gasteiger partial charge in [0.1, 0.15) is 6.61 Å². The number of hydrogen-bond acceptors (Lipinski definition) is 7. The molecule has 10 heteroatoms. The maximum Gasteiger partial charge on any atom is 0.294 e. The van der Waals surface area contributed by atoms with Gasteiger partial charge in [-0.05, 0) is 12.1 Å². The second kappa shape index (κ2) is 9.41. The first-order valence-corrected chi connectivity index (χ1v) is 7.06. The fourth-order valence-electron chi connectivity index (χ4n) is 1.70. The second-order valence-corrected chi connectivity index (χ2v) is 4.91. The molecule has 1 aromatic heterocycles. The molecule has 124 valence electrons. The van der Waals surface area contributed by atoms with Gasteiger partial charge in [0.05, 0.1) is 11.0 Å². The van der Waals surface area contributed by atoms with E-state index in [2.05, 4.69) is 20.5 Å². The number of aromatic nitrogens is 1. The van der Waals surface area contributed by atoms with Gasteiger partial charge in [-0.2, -0.15) is 0 Å². The Morgan fingerprint density at radius 3 is 2.83 bits per heavy atom. The van der Waals surface area contributed by atoms with Crippen molar-refractivity contribution in [1.82, 2.24) is 15.6 Å². The molecule has 0 fully saturated rings. The number of carbonyl (C=O) groups excluding carboxylic acids is 2. The largest absolute Gasteiger partial charge is 0.376 e. The van der Waals surface area contributed by atoms with Crippen LogP contribution in [0.1, 0.15) is 23.7 Å². The van der Waals surface area contributed by atoms with E-state index in [1.165, 1.54) is 13.1 Å². The highest BCUT2D eigenvalue weighted by Gasteiger charge is 2.20. The molecule has 2 N–H and O–H groups in total. The van der Waals surface area contributed by atoms with Crippen molar-refractivity contribution < 1.29 is 19.5 Å². The highest BCUT2D eigenvalue weighted by molar-refractivity contribution is 7.80. The highest BCUT2D eigenvalue weighted by Crippen LogP contribution is 2.05. The van der Waals surface area contributed by atoms with Gasteiger partial charge in [0.25, 0.3) is 5.09 Å². The molecule has 1 heterocycles. The summed E-state index contributed by atoms with van der Waals surface area (Å²) in [6.45, 7) is 1.19.